The Labute approximate surface area is 677 Å². The van der Waals surface area contributed by atoms with Crippen LogP contribution in [0.15, 0.2) is 213 Å². The third-order valence-corrected chi connectivity index (χ3v) is 24.7. The normalized spacial score (nSPS) is 22.4. The number of ether oxygens (including phenoxy) is 6. The summed E-state index contributed by atoms with van der Waals surface area (Å²) in [4.78, 5) is 156. The second-order valence-corrected chi connectivity index (χ2v) is 30.9. The molecule has 596 valence electrons. The number of imide groups is 4. The molecule has 4 fully saturated rings. The summed E-state index contributed by atoms with van der Waals surface area (Å²) < 4.78 is 42.9. The van der Waals surface area contributed by atoms with Gasteiger partial charge in [-0.2, -0.15) is 0 Å². The largest absolute Gasteiger partial charge is 0.496 e. The number of barbiturate groups is 2. The molecule has 0 radical (unpaired) electrons. The zero-order chi connectivity index (χ0) is 82.7. The highest BCUT2D eigenvalue weighted by Gasteiger charge is 2.76. The van der Waals surface area contributed by atoms with E-state index in [2.05, 4.69) is 0 Å². The predicted octanol–water partition coefficient (Wildman–Crippen LogP) is 11.2. The maximum absolute atomic E-state index is 15.8. The van der Waals surface area contributed by atoms with Crippen molar-refractivity contribution in [3.8, 4) is 34.8 Å². The number of hydrogen-bond acceptors (Lipinski definition) is 18. The fourth-order valence-electron chi connectivity index (χ4n) is 19.1. The number of urea groups is 2. The van der Waals surface area contributed by atoms with E-state index in [0.717, 1.165) is 39.9 Å². The van der Waals surface area contributed by atoms with Gasteiger partial charge in [-0.25, -0.2) is 19.2 Å². The fraction of sp³-hybridized carbons (Fsp3) is 0.295. The van der Waals surface area contributed by atoms with Crippen molar-refractivity contribution < 1.29 is 57.2 Å². The number of piperidine rings is 2. The Kier molecular flexibility index (Phi) is 20.3. The zero-order valence-corrected chi connectivity index (χ0v) is 67.5. The summed E-state index contributed by atoms with van der Waals surface area (Å²) in [5, 5.41) is 0.863. The van der Waals surface area contributed by atoms with E-state index in [1.807, 2.05) is 96.4 Å². The quantitative estimate of drug-likeness (QED) is 0.103. The van der Waals surface area contributed by atoms with E-state index in [4.69, 9.17) is 51.6 Å². The summed E-state index contributed by atoms with van der Waals surface area (Å²) in [6.45, 7) is 3.87. The predicted molar refractivity (Wildman–Crippen MR) is 433 cm³/mol. The smallest absolute Gasteiger partial charge is 0.333 e. The molecule has 2 spiro atoms. The summed E-state index contributed by atoms with van der Waals surface area (Å²) in [6.07, 6.45) is -2.22. The molecule has 6 aliphatic heterocycles. The van der Waals surface area contributed by atoms with Crippen LogP contribution in [0.5, 0.6) is 34.8 Å². The number of amides is 8. The lowest BCUT2D eigenvalue weighted by Crippen LogP contribution is -2.75. The summed E-state index contributed by atoms with van der Waals surface area (Å²) in [7, 11) is 17.4. The number of benzene rings is 8. The molecule has 8 amide bonds. The molecule has 16 rings (SSSR count). The topological polar surface area (TPSA) is 265 Å². The lowest BCUT2D eigenvalue weighted by Gasteiger charge is -2.63. The Balaban J connectivity index is 0.000000182. The van der Waals surface area contributed by atoms with E-state index in [1.54, 1.807) is 121 Å². The van der Waals surface area contributed by atoms with Gasteiger partial charge in [0.1, 0.15) is 23.0 Å². The number of aryl methyl sites for hydroxylation is 2. The van der Waals surface area contributed by atoms with Gasteiger partial charge in [-0.1, -0.05) is 156 Å². The van der Waals surface area contributed by atoms with Crippen LogP contribution in [0, 0.1) is 36.5 Å². The highest BCUT2D eigenvalue weighted by molar-refractivity contribution is 6.31. The van der Waals surface area contributed by atoms with Crippen LogP contribution in [-0.2, 0) is 47.4 Å². The van der Waals surface area contributed by atoms with E-state index in [-0.39, 0.29) is 22.9 Å². The van der Waals surface area contributed by atoms with Gasteiger partial charge in [0.2, 0.25) is 35.4 Å². The molecule has 28 heteroatoms. The number of rotatable bonds is 12. The van der Waals surface area contributed by atoms with Crippen LogP contribution in [0.4, 0.5) is 21.0 Å². The zero-order valence-electron chi connectivity index (χ0n) is 66.0. The minimum atomic E-state index is -2.14. The van der Waals surface area contributed by atoms with Crippen LogP contribution in [0.2, 0.25) is 10.0 Å². The van der Waals surface area contributed by atoms with Gasteiger partial charge in [-0.3, -0.25) is 66.6 Å². The Hall–Kier alpha value is -12.7. The van der Waals surface area contributed by atoms with Gasteiger partial charge in [0.25, 0.3) is 11.1 Å². The first-order valence-electron chi connectivity index (χ1n) is 37.4. The Morgan fingerprint density at radius 2 is 0.621 bits per heavy atom. The Bertz CT molecular complexity index is 5520. The van der Waals surface area contributed by atoms with Crippen molar-refractivity contribution in [1.82, 2.24) is 37.9 Å². The van der Waals surface area contributed by atoms with E-state index >= 15 is 19.2 Å². The number of methoxy groups -OCH3 is 4. The standard InChI is InChI=1S/2C44H42ClN5O8/c2*1-24-16-18-25(19-17-24)35-33-32(28-12-8-10-14-30(28)56-6)34-37(51)46(2)42(54)47(3)38(34)58-39(33)50(27-22-20-26(45)21-23-27)36(29-13-9-11-15-31(29)57-7)44(35)40(52)48(4)43(55)49(5)41(44)53/h2*8-23,32-33,35-36,39H,1-7H3/t2*32-,33+,35+,36+,39+/m11/s1. The molecule has 2 aromatic heterocycles. The molecule has 26 nitrogen and oxygen atoms in total. The number of halogens is 2. The van der Waals surface area contributed by atoms with Crippen LogP contribution in [0.1, 0.15) is 91.4 Å². The molecule has 116 heavy (non-hydrogen) atoms. The second-order valence-electron chi connectivity index (χ2n) is 30.1. The first kappa shape index (κ1) is 78.6. The van der Waals surface area contributed by atoms with Crippen molar-refractivity contribution in [2.75, 3.05) is 66.4 Å². The maximum Gasteiger partial charge on any atom is 0.333 e. The van der Waals surface area contributed by atoms with Crippen LogP contribution in [-0.4, -0.2) is 143 Å². The molecule has 10 atom stereocenters. The minimum absolute atomic E-state index is 0.0207. The third-order valence-electron chi connectivity index (χ3n) is 24.2. The molecule has 10 aromatic rings. The number of anilines is 2. The van der Waals surface area contributed by atoms with Gasteiger partial charge in [-0.15, -0.1) is 0 Å². The van der Waals surface area contributed by atoms with Crippen molar-refractivity contribution >= 4 is 70.3 Å². The molecule has 4 saturated heterocycles. The number of nitrogens with zero attached hydrogens (tertiary/aromatic N) is 10. The van der Waals surface area contributed by atoms with Crippen LogP contribution < -0.4 is 60.7 Å². The molecule has 0 N–H and O–H groups in total. The SMILES string of the molecule is COc1ccccc1[C@H]1c2c(n(C)c(=O)n(C)c2=O)O[C@H]2[C@@H]1[C@H](c1ccc(C)cc1)C1(C(=O)N(C)C(=O)N(C)C1=O)[C@H](c1ccccc1OC)N2c1ccc(Cl)cc1.COc1ccccc1[C@H]1c2c(n(C)c(=O)n(C)c2=O)O[C@H]2[C@@H]1[C@H](c1ccc(C)cc1)C1(C(=O)N(C)C(=O)N(C)C1=O)[C@H](c1ccccc1OC)N2c1ccc(Cl)cc1. The average molecular weight is 1610 g/mol. The van der Waals surface area contributed by atoms with Crippen molar-refractivity contribution in [2.45, 2.75) is 62.1 Å². The lowest BCUT2D eigenvalue weighted by molar-refractivity contribution is -0.170. The van der Waals surface area contributed by atoms with E-state index in [0.29, 0.717) is 77.8 Å². The number of carbonyl (C=O) groups excluding carboxylic acids is 6. The molecule has 0 aliphatic carbocycles. The van der Waals surface area contributed by atoms with Crippen LogP contribution >= 0.6 is 23.2 Å². The monoisotopic (exact) mass is 1610 g/mol. The number of aromatic nitrogens is 4. The Morgan fingerprint density at radius 3 is 0.914 bits per heavy atom. The molecule has 8 aromatic carbocycles. The molecule has 6 aliphatic rings. The van der Waals surface area contributed by atoms with E-state index in [1.165, 1.54) is 94.0 Å². The van der Waals surface area contributed by atoms with E-state index in [9.17, 15) is 28.8 Å². The van der Waals surface area contributed by atoms with Gasteiger partial charge in [-0.05, 0) is 97.8 Å². The summed E-state index contributed by atoms with van der Waals surface area (Å²) in [6, 6.07) is 53.5. The second kappa shape index (κ2) is 29.9. The van der Waals surface area contributed by atoms with Crippen LogP contribution in [0.3, 0.4) is 0 Å². The van der Waals surface area contributed by atoms with Crippen molar-refractivity contribution in [3.05, 3.63) is 301 Å². The highest BCUT2D eigenvalue weighted by Crippen LogP contribution is 2.69. The first-order chi connectivity index (χ1) is 55.6. The minimum Gasteiger partial charge on any atom is -0.496 e. The number of fused-ring (bicyclic) bond motifs is 4. The molecular weight excluding hydrogens is 1520 g/mol. The molecular formula is C88H84Cl2N10O16. The van der Waals surface area contributed by atoms with Gasteiger partial charge in [0.05, 0.1) is 51.6 Å². The molecule has 8 heterocycles. The molecule has 0 unspecified atom stereocenters. The van der Waals surface area contributed by atoms with Crippen molar-refractivity contribution in [3.63, 3.8) is 0 Å². The van der Waals surface area contributed by atoms with Crippen molar-refractivity contribution in [2.24, 2.45) is 50.9 Å². The number of carbonyl (C=O) groups is 6. The number of para-hydroxylation sites is 4. The molecule has 0 bridgehead atoms. The van der Waals surface area contributed by atoms with Crippen LogP contribution in [0.25, 0.3) is 0 Å². The highest BCUT2D eigenvalue weighted by atomic mass is 35.5. The molecule has 0 saturated carbocycles. The lowest BCUT2D eigenvalue weighted by atomic mass is 9.52. The van der Waals surface area contributed by atoms with E-state index < -0.39 is 129 Å². The van der Waals surface area contributed by atoms with Gasteiger partial charge in [0, 0.05) is 136 Å². The summed E-state index contributed by atoms with van der Waals surface area (Å²) in [5.74, 6) is -7.47. The third kappa shape index (κ3) is 11.7. The number of hydrogen-bond donors (Lipinski definition) is 0. The van der Waals surface area contributed by atoms with Gasteiger partial charge >= 0.3 is 23.4 Å². The summed E-state index contributed by atoms with van der Waals surface area (Å²) in [5.41, 5.74) is -0.397. The van der Waals surface area contributed by atoms with Gasteiger partial charge in [0.15, 0.2) is 23.3 Å². The Morgan fingerprint density at radius 1 is 0.345 bits per heavy atom. The van der Waals surface area contributed by atoms with Gasteiger partial charge < -0.3 is 38.2 Å². The maximum atomic E-state index is 15.8. The van der Waals surface area contributed by atoms with Crippen molar-refractivity contribution in [1.29, 1.82) is 0 Å². The average Bonchev–Trinajstić information content (AvgIpc) is 0.673. The first-order valence-corrected chi connectivity index (χ1v) is 38.2. The summed E-state index contributed by atoms with van der Waals surface area (Å²) >= 11 is 13.0. The fourth-order valence-corrected chi connectivity index (χ4v) is 19.3.